The number of rotatable bonds is 4. The standard InChI is InChI=1S/C41H29N3O2S/c1-41(2)36-9-5-3-7-31(36)33-23-34-32-8-4-6-10-39(32)44(40(34)24-37(33)41)27-13-17-29(18-14-27)47(45,46)28-15-11-26(12-16-28)30-19-22-43-38-20-21-42-25-35(30)38/h3-25H,1-2H3. The third-order valence-electron chi connectivity index (χ3n) is 9.80. The van der Waals surface area contributed by atoms with E-state index in [-0.39, 0.29) is 15.2 Å². The predicted octanol–water partition coefficient (Wildman–Crippen LogP) is 9.53. The summed E-state index contributed by atoms with van der Waals surface area (Å²) in [5, 5.41) is 3.27. The van der Waals surface area contributed by atoms with Crippen LogP contribution in [0.5, 0.6) is 0 Å². The van der Waals surface area contributed by atoms with Crippen molar-refractivity contribution in [3.05, 3.63) is 151 Å². The first-order valence-corrected chi connectivity index (χ1v) is 17.1. The van der Waals surface area contributed by atoms with Crippen LogP contribution in [-0.4, -0.2) is 23.0 Å². The Kier molecular flexibility index (Phi) is 5.87. The summed E-state index contributed by atoms with van der Waals surface area (Å²) in [5.41, 5.74) is 10.9. The summed E-state index contributed by atoms with van der Waals surface area (Å²) >= 11 is 0. The fourth-order valence-corrected chi connectivity index (χ4v) is 8.67. The normalized spacial score (nSPS) is 13.7. The summed E-state index contributed by atoms with van der Waals surface area (Å²) < 4.78 is 29.8. The summed E-state index contributed by atoms with van der Waals surface area (Å²) in [6.07, 6.45) is 5.26. The second-order valence-electron chi connectivity index (χ2n) is 12.7. The maximum absolute atomic E-state index is 13.8. The highest BCUT2D eigenvalue weighted by Crippen LogP contribution is 2.51. The van der Waals surface area contributed by atoms with Crippen molar-refractivity contribution >= 4 is 42.5 Å². The highest BCUT2D eigenvalue weighted by molar-refractivity contribution is 7.91. The molecule has 1 aliphatic carbocycles. The zero-order valence-corrected chi connectivity index (χ0v) is 26.7. The average Bonchev–Trinajstić information content (AvgIpc) is 3.55. The molecule has 3 aromatic heterocycles. The molecule has 0 N–H and O–H groups in total. The van der Waals surface area contributed by atoms with Gasteiger partial charge in [-0.05, 0) is 100 Å². The fraction of sp³-hybridized carbons (Fsp3) is 0.0732. The largest absolute Gasteiger partial charge is 0.309 e. The molecule has 0 spiro atoms. The molecular formula is C41H29N3O2S. The second kappa shape index (κ2) is 9.95. The Balaban J connectivity index is 1.12. The molecule has 0 aliphatic heterocycles. The van der Waals surface area contributed by atoms with Crippen molar-refractivity contribution in [3.8, 4) is 27.9 Å². The van der Waals surface area contributed by atoms with Crippen LogP contribution >= 0.6 is 0 Å². The van der Waals surface area contributed by atoms with E-state index < -0.39 is 9.84 Å². The fourth-order valence-electron chi connectivity index (χ4n) is 7.41. The van der Waals surface area contributed by atoms with Gasteiger partial charge in [0.25, 0.3) is 0 Å². The molecule has 6 heteroatoms. The molecule has 1 aliphatic rings. The molecule has 5 nitrogen and oxygen atoms in total. The number of para-hydroxylation sites is 1. The third-order valence-corrected chi connectivity index (χ3v) is 11.6. The molecule has 47 heavy (non-hydrogen) atoms. The van der Waals surface area contributed by atoms with Crippen LogP contribution in [0.4, 0.5) is 0 Å². The van der Waals surface area contributed by atoms with Crippen LogP contribution in [-0.2, 0) is 15.3 Å². The SMILES string of the molecule is CC1(C)c2ccccc2-c2cc3c4ccccc4n(-c4ccc(S(=O)(=O)c5ccc(-c6ccnc7ccncc67)cc5)cc4)c3cc21. The average molecular weight is 628 g/mol. The minimum Gasteiger partial charge on any atom is -0.309 e. The number of fused-ring (bicyclic) bond motifs is 7. The lowest BCUT2D eigenvalue weighted by Crippen LogP contribution is -2.14. The van der Waals surface area contributed by atoms with Gasteiger partial charge in [0.15, 0.2) is 0 Å². The molecule has 0 radical (unpaired) electrons. The van der Waals surface area contributed by atoms with E-state index in [1.165, 1.54) is 33.0 Å². The van der Waals surface area contributed by atoms with Gasteiger partial charge in [0.2, 0.25) is 9.84 Å². The van der Waals surface area contributed by atoms with Gasteiger partial charge >= 0.3 is 0 Å². The van der Waals surface area contributed by atoms with Crippen molar-refractivity contribution in [3.63, 3.8) is 0 Å². The Labute approximate surface area is 272 Å². The number of hydrogen-bond acceptors (Lipinski definition) is 4. The van der Waals surface area contributed by atoms with Crippen LogP contribution in [0.2, 0.25) is 0 Å². The van der Waals surface area contributed by atoms with Crippen LogP contribution < -0.4 is 0 Å². The maximum atomic E-state index is 13.8. The van der Waals surface area contributed by atoms with Gasteiger partial charge in [-0.3, -0.25) is 9.97 Å². The molecule has 9 rings (SSSR count). The Bertz CT molecular complexity index is 2650. The molecule has 226 valence electrons. The monoisotopic (exact) mass is 627 g/mol. The van der Waals surface area contributed by atoms with E-state index in [0.717, 1.165) is 38.8 Å². The van der Waals surface area contributed by atoms with Crippen molar-refractivity contribution in [2.24, 2.45) is 0 Å². The smallest absolute Gasteiger partial charge is 0.206 e. The van der Waals surface area contributed by atoms with E-state index in [0.29, 0.717) is 0 Å². The number of sulfone groups is 1. The Morgan fingerprint density at radius 1 is 0.596 bits per heavy atom. The molecule has 5 aromatic carbocycles. The van der Waals surface area contributed by atoms with E-state index in [2.05, 4.69) is 89.0 Å². The Hall–Kier alpha value is -5.59. The second-order valence-corrected chi connectivity index (χ2v) is 14.7. The number of aromatic nitrogens is 3. The molecule has 0 fully saturated rings. The summed E-state index contributed by atoms with van der Waals surface area (Å²) in [6, 6.07) is 39.9. The van der Waals surface area contributed by atoms with Gasteiger partial charge in [-0.25, -0.2) is 8.42 Å². The zero-order valence-electron chi connectivity index (χ0n) is 25.8. The highest BCUT2D eigenvalue weighted by atomic mass is 32.2. The van der Waals surface area contributed by atoms with E-state index in [1.807, 2.05) is 36.4 Å². The summed E-state index contributed by atoms with van der Waals surface area (Å²) in [7, 11) is -3.74. The molecule has 0 amide bonds. The minimum absolute atomic E-state index is 0.129. The van der Waals surface area contributed by atoms with Crippen molar-refractivity contribution in [2.45, 2.75) is 29.1 Å². The summed E-state index contributed by atoms with van der Waals surface area (Å²) in [5.74, 6) is 0. The van der Waals surface area contributed by atoms with Crippen molar-refractivity contribution < 1.29 is 8.42 Å². The Morgan fingerprint density at radius 3 is 2.13 bits per heavy atom. The van der Waals surface area contributed by atoms with Gasteiger partial charge in [0, 0.05) is 45.9 Å². The van der Waals surface area contributed by atoms with Gasteiger partial charge in [-0.1, -0.05) is 68.4 Å². The Morgan fingerprint density at radius 2 is 1.32 bits per heavy atom. The van der Waals surface area contributed by atoms with Gasteiger partial charge < -0.3 is 4.57 Å². The molecule has 0 unspecified atom stereocenters. The van der Waals surface area contributed by atoms with Crippen LogP contribution in [0.15, 0.2) is 150 Å². The molecule has 8 aromatic rings. The lowest BCUT2D eigenvalue weighted by molar-refractivity contribution is 0.596. The molecular weight excluding hydrogens is 599 g/mol. The van der Waals surface area contributed by atoms with Crippen molar-refractivity contribution in [2.75, 3.05) is 0 Å². The lowest BCUT2D eigenvalue weighted by Gasteiger charge is -2.21. The van der Waals surface area contributed by atoms with Gasteiger partial charge in [0.1, 0.15) is 0 Å². The number of nitrogens with zero attached hydrogens (tertiary/aromatic N) is 3. The highest BCUT2D eigenvalue weighted by Gasteiger charge is 2.36. The first-order valence-electron chi connectivity index (χ1n) is 15.6. The molecule has 0 atom stereocenters. The van der Waals surface area contributed by atoms with E-state index in [4.69, 9.17) is 0 Å². The van der Waals surface area contributed by atoms with E-state index in [9.17, 15) is 8.42 Å². The topological polar surface area (TPSA) is 64.8 Å². The van der Waals surface area contributed by atoms with Crippen LogP contribution in [0.3, 0.4) is 0 Å². The maximum Gasteiger partial charge on any atom is 0.206 e. The zero-order chi connectivity index (χ0) is 31.9. The number of hydrogen-bond donors (Lipinski definition) is 0. The van der Waals surface area contributed by atoms with Crippen LogP contribution in [0.25, 0.3) is 60.6 Å². The minimum atomic E-state index is -3.74. The van der Waals surface area contributed by atoms with Crippen LogP contribution in [0.1, 0.15) is 25.0 Å². The van der Waals surface area contributed by atoms with E-state index in [1.54, 1.807) is 42.9 Å². The van der Waals surface area contributed by atoms with E-state index >= 15 is 0 Å². The van der Waals surface area contributed by atoms with Gasteiger partial charge in [-0.2, -0.15) is 0 Å². The quantitative estimate of drug-likeness (QED) is 0.195. The predicted molar refractivity (Wildman–Crippen MR) is 189 cm³/mol. The number of pyridine rings is 2. The van der Waals surface area contributed by atoms with Gasteiger partial charge in [-0.15, -0.1) is 0 Å². The molecule has 3 heterocycles. The number of benzene rings is 5. The molecule has 0 bridgehead atoms. The van der Waals surface area contributed by atoms with Crippen molar-refractivity contribution in [1.82, 2.24) is 14.5 Å². The molecule has 0 saturated heterocycles. The van der Waals surface area contributed by atoms with Crippen LogP contribution in [0, 0.1) is 0 Å². The first-order chi connectivity index (χ1) is 22.8. The lowest BCUT2D eigenvalue weighted by atomic mass is 9.82. The first kappa shape index (κ1) is 27.7. The summed E-state index contributed by atoms with van der Waals surface area (Å²) in [4.78, 5) is 9.17. The summed E-state index contributed by atoms with van der Waals surface area (Å²) in [6.45, 7) is 4.58. The third kappa shape index (κ3) is 4.04. The van der Waals surface area contributed by atoms with Gasteiger partial charge in [0.05, 0.1) is 26.3 Å². The molecule has 0 saturated carbocycles. The van der Waals surface area contributed by atoms with Crippen molar-refractivity contribution in [1.29, 1.82) is 0 Å².